The van der Waals surface area contributed by atoms with Crippen molar-refractivity contribution in [2.75, 3.05) is 12.3 Å². The average Bonchev–Trinajstić information content (AvgIpc) is 3.57. The first kappa shape index (κ1) is 27.4. The first-order chi connectivity index (χ1) is 17.5. The Hall–Kier alpha value is -2.60. The smallest absolute Gasteiger partial charge is 0.380 e. The van der Waals surface area contributed by atoms with Gasteiger partial charge in [0, 0.05) is 29.4 Å². The van der Waals surface area contributed by atoms with E-state index in [0.717, 1.165) is 17.3 Å². The summed E-state index contributed by atoms with van der Waals surface area (Å²) in [4.78, 5) is 30.5. The largest absolute Gasteiger partial charge is 0.411 e. The van der Waals surface area contributed by atoms with Crippen molar-refractivity contribution in [2.45, 2.75) is 49.9 Å². The predicted molar refractivity (Wildman–Crippen MR) is 134 cm³/mol. The van der Waals surface area contributed by atoms with Crippen molar-refractivity contribution in [1.82, 2.24) is 10.2 Å². The molecule has 1 saturated heterocycles. The van der Waals surface area contributed by atoms with Crippen molar-refractivity contribution in [1.29, 1.82) is 0 Å². The van der Waals surface area contributed by atoms with Crippen molar-refractivity contribution in [2.24, 2.45) is 4.99 Å². The van der Waals surface area contributed by atoms with Crippen molar-refractivity contribution < 1.29 is 33.0 Å². The minimum atomic E-state index is -4.38. The number of rotatable bonds is 7. The first-order valence-corrected chi connectivity index (χ1v) is 13.0. The Kier molecular flexibility index (Phi) is 8.47. The van der Waals surface area contributed by atoms with Gasteiger partial charge < -0.3 is 20.4 Å². The van der Waals surface area contributed by atoms with Crippen molar-refractivity contribution >= 4 is 40.2 Å². The number of carbonyl (C=O) groups excluding carboxylic acids is 2. The van der Waals surface area contributed by atoms with Gasteiger partial charge in [-0.2, -0.15) is 13.2 Å². The second-order valence-electron chi connectivity index (χ2n) is 8.85. The molecule has 12 heteroatoms. The number of nitrogens with zero attached hydrogens (tertiary/aromatic N) is 2. The van der Waals surface area contributed by atoms with Crippen LogP contribution in [0.2, 0.25) is 5.02 Å². The van der Waals surface area contributed by atoms with Gasteiger partial charge >= 0.3 is 6.18 Å². The highest BCUT2D eigenvalue weighted by Gasteiger charge is 2.42. The fourth-order valence-electron chi connectivity index (χ4n) is 4.30. The second-order valence-corrected chi connectivity index (χ2v) is 10.3. The molecular formula is C25H25ClF3N3O4S. The summed E-state index contributed by atoms with van der Waals surface area (Å²) in [5, 5.41) is 24.1. The summed E-state index contributed by atoms with van der Waals surface area (Å²) in [5.41, 5.74) is 1.96. The fourth-order valence-corrected chi connectivity index (χ4v) is 5.58. The van der Waals surface area contributed by atoms with Gasteiger partial charge in [-0.1, -0.05) is 48.0 Å². The minimum Gasteiger partial charge on any atom is -0.380 e. The van der Waals surface area contributed by atoms with Crippen LogP contribution in [0.3, 0.4) is 0 Å². The zero-order valence-electron chi connectivity index (χ0n) is 19.5. The highest BCUT2D eigenvalue weighted by Crippen LogP contribution is 2.34. The van der Waals surface area contributed by atoms with Crippen LogP contribution in [0.25, 0.3) is 0 Å². The number of thioether (sulfide) groups is 1. The zero-order chi connectivity index (χ0) is 26.7. The number of nitrogens with one attached hydrogen (secondary N) is 1. The summed E-state index contributed by atoms with van der Waals surface area (Å²) in [6, 6.07) is 11.5. The summed E-state index contributed by atoms with van der Waals surface area (Å²) in [6.45, 7) is 0.359. The van der Waals surface area contributed by atoms with Crippen molar-refractivity contribution in [3.8, 4) is 0 Å². The van der Waals surface area contributed by atoms with Gasteiger partial charge in [0.1, 0.15) is 0 Å². The SMILES string of the molecule is O=C(NCc1ccc(C2=NC(C(F)(F)F)CS2)cc1)[C@H](O)[C@@H](O)C(=O)N1CCCC1c1cccc(Cl)c1. The molecule has 2 heterocycles. The normalized spacial score (nSPS) is 21.5. The van der Waals surface area contributed by atoms with E-state index in [1.54, 1.807) is 42.5 Å². The highest BCUT2D eigenvalue weighted by molar-refractivity contribution is 8.14. The maximum atomic E-state index is 12.9. The third-order valence-corrected chi connectivity index (χ3v) is 7.62. The first-order valence-electron chi connectivity index (χ1n) is 11.6. The number of aliphatic imine (C=N–C) groups is 1. The Morgan fingerprint density at radius 3 is 2.54 bits per heavy atom. The van der Waals surface area contributed by atoms with Crippen molar-refractivity contribution in [3.63, 3.8) is 0 Å². The molecular weight excluding hydrogens is 531 g/mol. The van der Waals surface area contributed by atoms with E-state index in [1.807, 2.05) is 6.07 Å². The van der Waals surface area contributed by atoms with Gasteiger partial charge in [0.2, 0.25) is 0 Å². The standard InChI is InChI=1S/C25H25ClF3N3O4S/c26-17-4-1-3-16(11-17)18-5-2-10-32(18)24(36)21(34)20(33)22(35)30-12-14-6-8-15(9-7-14)23-31-19(13-37-23)25(27,28)29/h1,3-4,6-9,11,18-21,33-34H,2,5,10,12-13H2,(H,30,35)/t18?,19?,20-,21-/m1/s1. The molecule has 1 fully saturated rings. The Morgan fingerprint density at radius 2 is 1.89 bits per heavy atom. The third kappa shape index (κ3) is 6.46. The molecule has 37 heavy (non-hydrogen) atoms. The molecule has 0 radical (unpaired) electrons. The molecule has 0 aliphatic carbocycles. The molecule has 2 unspecified atom stereocenters. The van der Waals surface area contributed by atoms with Crippen LogP contribution in [0.1, 0.15) is 35.6 Å². The van der Waals surface area contributed by atoms with E-state index >= 15 is 0 Å². The van der Waals surface area contributed by atoms with Crippen LogP contribution in [-0.2, 0) is 16.1 Å². The average molecular weight is 556 g/mol. The number of carbonyl (C=O) groups is 2. The molecule has 7 nitrogen and oxygen atoms in total. The number of aliphatic hydroxyl groups is 2. The van der Waals surface area contributed by atoms with Gasteiger partial charge in [0.15, 0.2) is 18.2 Å². The topological polar surface area (TPSA) is 102 Å². The number of hydrogen-bond acceptors (Lipinski definition) is 6. The molecule has 3 N–H and O–H groups in total. The lowest BCUT2D eigenvalue weighted by molar-refractivity contribution is -0.153. The number of amides is 2. The quantitative estimate of drug-likeness (QED) is 0.486. The summed E-state index contributed by atoms with van der Waals surface area (Å²) < 4.78 is 38.5. The summed E-state index contributed by atoms with van der Waals surface area (Å²) in [7, 11) is 0. The summed E-state index contributed by atoms with van der Waals surface area (Å²) >= 11 is 7.09. The maximum absolute atomic E-state index is 12.9. The van der Waals surface area contributed by atoms with Crippen molar-refractivity contribution in [3.05, 3.63) is 70.2 Å². The maximum Gasteiger partial charge on any atom is 0.411 e. The van der Waals surface area contributed by atoms with E-state index in [-0.39, 0.29) is 18.3 Å². The third-order valence-electron chi connectivity index (χ3n) is 6.29. The summed E-state index contributed by atoms with van der Waals surface area (Å²) in [5.74, 6) is -1.83. The summed E-state index contributed by atoms with van der Waals surface area (Å²) in [6.07, 6.45) is -6.93. The zero-order valence-corrected chi connectivity index (χ0v) is 21.1. The van der Waals surface area contributed by atoms with Crippen LogP contribution >= 0.6 is 23.4 Å². The molecule has 0 bridgehead atoms. The number of likely N-dealkylation sites (tertiary alicyclic amines) is 1. The van der Waals surface area contributed by atoms with E-state index in [4.69, 9.17) is 11.6 Å². The molecule has 0 aromatic heterocycles. The number of hydrogen-bond donors (Lipinski definition) is 3. The van der Waals surface area contributed by atoms with Crippen LogP contribution in [0.4, 0.5) is 13.2 Å². The van der Waals surface area contributed by atoms with Crippen LogP contribution in [0.15, 0.2) is 53.5 Å². The van der Waals surface area contributed by atoms with Gasteiger partial charge in [0.05, 0.1) is 11.1 Å². The highest BCUT2D eigenvalue weighted by atomic mass is 35.5. The lowest BCUT2D eigenvalue weighted by Crippen LogP contribution is -2.50. The molecule has 4 rings (SSSR count). The Balaban J connectivity index is 1.32. The second kappa shape index (κ2) is 11.4. The van der Waals surface area contributed by atoms with Crippen LogP contribution in [0, 0.1) is 0 Å². The molecule has 2 aromatic rings. The number of aliphatic hydroxyl groups excluding tert-OH is 2. The molecule has 2 amide bonds. The molecule has 0 spiro atoms. The monoisotopic (exact) mass is 555 g/mol. The van der Waals surface area contributed by atoms with E-state index in [9.17, 15) is 33.0 Å². The predicted octanol–water partition coefficient (Wildman–Crippen LogP) is 3.47. The molecule has 2 aliphatic rings. The van der Waals surface area contributed by atoms with Gasteiger partial charge in [-0.3, -0.25) is 14.6 Å². The Morgan fingerprint density at radius 1 is 1.16 bits per heavy atom. The van der Waals surface area contributed by atoms with Gasteiger partial charge in [-0.05, 0) is 36.1 Å². The molecule has 4 atom stereocenters. The Labute approximate surface area is 220 Å². The van der Waals surface area contributed by atoms with E-state index in [2.05, 4.69) is 10.3 Å². The lowest BCUT2D eigenvalue weighted by atomic mass is 10.0. The van der Waals surface area contributed by atoms with Crippen LogP contribution in [-0.4, -0.2) is 68.7 Å². The molecule has 198 valence electrons. The number of halogens is 4. The van der Waals surface area contributed by atoms with E-state index < -0.39 is 36.2 Å². The molecule has 2 aromatic carbocycles. The van der Waals surface area contributed by atoms with E-state index in [0.29, 0.717) is 40.6 Å². The minimum absolute atomic E-state index is 0.0171. The molecule has 2 aliphatic heterocycles. The van der Waals surface area contributed by atoms with Crippen LogP contribution in [0.5, 0.6) is 0 Å². The van der Waals surface area contributed by atoms with Gasteiger partial charge in [-0.15, -0.1) is 11.8 Å². The number of benzene rings is 2. The molecule has 0 saturated carbocycles. The van der Waals surface area contributed by atoms with Gasteiger partial charge in [0.25, 0.3) is 11.8 Å². The fraction of sp³-hybridized carbons (Fsp3) is 0.400. The van der Waals surface area contributed by atoms with Crippen LogP contribution < -0.4 is 5.32 Å². The Bertz CT molecular complexity index is 1180. The lowest BCUT2D eigenvalue weighted by Gasteiger charge is -2.28. The van der Waals surface area contributed by atoms with E-state index in [1.165, 1.54) is 4.90 Å². The number of alkyl halides is 3. The van der Waals surface area contributed by atoms with Gasteiger partial charge in [-0.25, -0.2) is 0 Å².